The van der Waals surface area contributed by atoms with Gasteiger partial charge in [0.1, 0.15) is 0 Å². The monoisotopic (exact) mass is 527 g/mol. The number of carboxylic acid groups (broad SMARTS) is 1. The smallest absolute Gasteiger partial charge is 0.336 e. The third-order valence-electron chi connectivity index (χ3n) is 6.03. The molecule has 1 aliphatic heterocycles. The van der Waals surface area contributed by atoms with Gasteiger partial charge < -0.3 is 14.6 Å². The Morgan fingerprint density at radius 3 is 2.58 bits per heavy atom. The minimum absolute atomic E-state index is 0.0767. The Labute approximate surface area is 222 Å². The predicted molar refractivity (Wildman–Crippen MR) is 150 cm³/mol. The number of hydrogen-bond donors (Lipinski definition) is 1. The summed E-state index contributed by atoms with van der Waals surface area (Å²) in [6.45, 7) is 6.00. The van der Waals surface area contributed by atoms with Gasteiger partial charge in [-0.1, -0.05) is 68.7 Å². The highest BCUT2D eigenvalue weighted by molar-refractivity contribution is 8.27. The van der Waals surface area contributed by atoms with Crippen molar-refractivity contribution in [3.05, 3.63) is 58.0 Å². The van der Waals surface area contributed by atoms with Crippen LogP contribution in [0.5, 0.6) is 11.5 Å². The third-order valence-corrected chi connectivity index (χ3v) is 7.33. The highest BCUT2D eigenvalue weighted by Gasteiger charge is 2.34. The molecule has 0 radical (unpaired) electrons. The molecule has 3 rings (SSSR count). The Morgan fingerprint density at radius 2 is 1.89 bits per heavy atom. The summed E-state index contributed by atoms with van der Waals surface area (Å²) in [6, 6.07) is 10.4. The van der Waals surface area contributed by atoms with Crippen molar-refractivity contribution < 1.29 is 24.2 Å². The van der Waals surface area contributed by atoms with Crippen LogP contribution in [0.4, 0.5) is 5.69 Å². The number of carbonyl (C=O) groups is 2. The second-order valence-electron chi connectivity index (χ2n) is 8.86. The van der Waals surface area contributed by atoms with Crippen molar-refractivity contribution in [3.8, 4) is 11.5 Å². The molecule has 2 aromatic rings. The Balaban J connectivity index is 1.73. The first-order valence-electron chi connectivity index (χ1n) is 12.2. The molecule has 1 saturated heterocycles. The normalized spacial score (nSPS) is 15.4. The van der Waals surface area contributed by atoms with E-state index in [2.05, 4.69) is 13.8 Å². The Hall–Kier alpha value is -2.84. The summed E-state index contributed by atoms with van der Waals surface area (Å²) < 4.78 is 12.0. The Kier molecular flexibility index (Phi) is 9.96. The number of amides is 1. The molecule has 1 N–H and O–H groups in total. The summed E-state index contributed by atoms with van der Waals surface area (Å²) in [5.74, 6) is -0.0671. The average Bonchev–Trinajstić information content (AvgIpc) is 3.12. The topological polar surface area (TPSA) is 76.1 Å². The lowest BCUT2D eigenvalue weighted by Gasteiger charge is -2.17. The maximum absolute atomic E-state index is 13.2. The summed E-state index contributed by atoms with van der Waals surface area (Å²) in [5.41, 5.74) is 1.98. The summed E-state index contributed by atoms with van der Waals surface area (Å²) in [6.07, 6.45) is 8.95. The van der Waals surface area contributed by atoms with E-state index in [0.717, 1.165) is 18.4 Å². The number of thiocarbonyl (C=S) groups is 1. The first-order chi connectivity index (χ1) is 17.2. The molecule has 1 heterocycles. The van der Waals surface area contributed by atoms with Gasteiger partial charge in [-0.25, -0.2) is 4.79 Å². The van der Waals surface area contributed by atoms with Crippen molar-refractivity contribution in [2.75, 3.05) is 12.0 Å². The van der Waals surface area contributed by atoms with Gasteiger partial charge in [0.15, 0.2) is 15.8 Å². The van der Waals surface area contributed by atoms with Crippen molar-refractivity contribution in [1.82, 2.24) is 0 Å². The van der Waals surface area contributed by atoms with E-state index in [9.17, 15) is 14.7 Å². The molecule has 1 atom stereocenters. The second kappa shape index (κ2) is 12.9. The van der Waals surface area contributed by atoms with Gasteiger partial charge in [-0.3, -0.25) is 9.69 Å². The van der Waals surface area contributed by atoms with Gasteiger partial charge >= 0.3 is 5.97 Å². The van der Waals surface area contributed by atoms with Crippen LogP contribution in [-0.4, -0.2) is 34.5 Å². The highest BCUT2D eigenvalue weighted by atomic mass is 32.2. The summed E-state index contributed by atoms with van der Waals surface area (Å²) in [7, 11) is 1.60. The van der Waals surface area contributed by atoms with Crippen LogP contribution >= 0.6 is 24.0 Å². The van der Waals surface area contributed by atoms with Crippen molar-refractivity contribution in [2.45, 2.75) is 65.4 Å². The summed E-state index contributed by atoms with van der Waals surface area (Å²) in [4.78, 5) is 26.5. The second-order valence-corrected chi connectivity index (χ2v) is 10.5. The molecule has 0 aliphatic carbocycles. The Morgan fingerprint density at radius 1 is 1.14 bits per heavy atom. The van der Waals surface area contributed by atoms with E-state index in [4.69, 9.17) is 21.7 Å². The number of ether oxygens (including phenoxy) is 2. The van der Waals surface area contributed by atoms with Crippen LogP contribution in [0.15, 0.2) is 41.3 Å². The van der Waals surface area contributed by atoms with Crippen LogP contribution in [0.2, 0.25) is 0 Å². The number of hydrogen-bond acceptors (Lipinski definition) is 6. The minimum Gasteiger partial charge on any atom is -0.493 e. The maximum Gasteiger partial charge on any atom is 0.336 e. The van der Waals surface area contributed by atoms with Gasteiger partial charge in [0.25, 0.3) is 5.91 Å². The molecule has 0 spiro atoms. The molecular weight excluding hydrogens is 494 g/mol. The van der Waals surface area contributed by atoms with Gasteiger partial charge in [0.2, 0.25) is 0 Å². The van der Waals surface area contributed by atoms with E-state index in [1.54, 1.807) is 32.2 Å². The zero-order valence-electron chi connectivity index (χ0n) is 21.2. The van der Waals surface area contributed by atoms with Crippen molar-refractivity contribution in [1.29, 1.82) is 0 Å². The van der Waals surface area contributed by atoms with Gasteiger partial charge in [-0.05, 0) is 68.2 Å². The standard InChI is InChI=1S/C28H33NO5S2/c1-5-6-7-8-9-10-19(3)34-23-14-12-20(15-24(23)33-4)16-25-26(30)29(28(35)36-25)21-13-11-18(2)22(17-21)27(31)32/h11-17,19H,5-10H2,1-4H3,(H,31,32). The van der Waals surface area contributed by atoms with Crippen LogP contribution in [-0.2, 0) is 4.79 Å². The van der Waals surface area contributed by atoms with Crippen molar-refractivity contribution in [2.24, 2.45) is 0 Å². The fraction of sp³-hybridized carbons (Fsp3) is 0.393. The number of benzene rings is 2. The number of carbonyl (C=O) groups excluding carboxylic acids is 1. The van der Waals surface area contributed by atoms with E-state index < -0.39 is 5.97 Å². The number of rotatable bonds is 12. The molecule has 1 amide bonds. The molecule has 8 heteroatoms. The zero-order valence-corrected chi connectivity index (χ0v) is 22.8. The first-order valence-corrected chi connectivity index (χ1v) is 13.4. The summed E-state index contributed by atoms with van der Waals surface area (Å²) in [5, 5.41) is 9.44. The Bertz CT molecular complexity index is 1160. The van der Waals surface area contributed by atoms with Crippen LogP contribution < -0.4 is 14.4 Å². The van der Waals surface area contributed by atoms with Crippen LogP contribution in [0.1, 0.15) is 73.9 Å². The maximum atomic E-state index is 13.2. The SMILES string of the molecule is CCCCCCCC(C)Oc1ccc(C=C2SC(=S)N(c3ccc(C)c(C(=O)O)c3)C2=O)cc1OC. The van der Waals surface area contributed by atoms with Gasteiger partial charge in [0.05, 0.1) is 29.4 Å². The molecule has 192 valence electrons. The fourth-order valence-corrected chi connectivity index (χ4v) is 5.30. The third kappa shape index (κ3) is 6.89. The van der Waals surface area contributed by atoms with Crippen LogP contribution in [0, 0.1) is 6.92 Å². The highest BCUT2D eigenvalue weighted by Crippen LogP contribution is 2.38. The molecule has 0 saturated carbocycles. The number of aryl methyl sites for hydroxylation is 1. The largest absolute Gasteiger partial charge is 0.493 e. The number of carboxylic acids is 1. The van der Waals surface area contributed by atoms with Crippen LogP contribution in [0.3, 0.4) is 0 Å². The average molecular weight is 528 g/mol. The zero-order chi connectivity index (χ0) is 26.2. The number of aromatic carboxylic acids is 1. The molecular formula is C28H33NO5S2. The van der Waals surface area contributed by atoms with E-state index in [-0.39, 0.29) is 17.6 Å². The number of anilines is 1. The fourth-order valence-electron chi connectivity index (χ4n) is 4.00. The van der Waals surface area contributed by atoms with E-state index >= 15 is 0 Å². The molecule has 1 aliphatic rings. The molecule has 2 aromatic carbocycles. The molecule has 1 unspecified atom stereocenters. The minimum atomic E-state index is -1.05. The molecule has 6 nitrogen and oxygen atoms in total. The molecule has 1 fully saturated rings. The van der Waals surface area contributed by atoms with E-state index in [1.165, 1.54) is 48.4 Å². The molecule has 0 bridgehead atoms. The number of unbranched alkanes of at least 4 members (excludes halogenated alkanes) is 4. The molecule has 0 aromatic heterocycles. The van der Waals surface area contributed by atoms with Crippen LogP contribution in [0.25, 0.3) is 6.08 Å². The number of nitrogens with zero attached hydrogens (tertiary/aromatic N) is 1. The summed E-state index contributed by atoms with van der Waals surface area (Å²) >= 11 is 6.63. The quantitative estimate of drug-likeness (QED) is 0.177. The van der Waals surface area contributed by atoms with Crippen molar-refractivity contribution in [3.63, 3.8) is 0 Å². The van der Waals surface area contributed by atoms with E-state index in [0.29, 0.717) is 32.0 Å². The van der Waals surface area contributed by atoms with Gasteiger partial charge in [0, 0.05) is 0 Å². The molecule has 36 heavy (non-hydrogen) atoms. The predicted octanol–water partition coefficient (Wildman–Crippen LogP) is 7.24. The van der Waals surface area contributed by atoms with Gasteiger partial charge in [-0.15, -0.1) is 0 Å². The lowest BCUT2D eigenvalue weighted by molar-refractivity contribution is -0.113. The number of methoxy groups -OCH3 is 1. The number of thioether (sulfide) groups is 1. The van der Waals surface area contributed by atoms with Crippen molar-refractivity contribution >= 4 is 51.9 Å². The lowest BCUT2D eigenvalue weighted by atomic mass is 10.1. The first kappa shape index (κ1) is 27.7. The van der Waals surface area contributed by atoms with E-state index in [1.807, 2.05) is 18.2 Å². The lowest BCUT2D eigenvalue weighted by Crippen LogP contribution is -2.27. The van der Waals surface area contributed by atoms with Gasteiger partial charge in [-0.2, -0.15) is 0 Å².